The lowest BCUT2D eigenvalue weighted by molar-refractivity contribution is -0.125. The fraction of sp³-hybridized carbons (Fsp3) is 0.407. The summed E-state index contributed by atoms with van der Waals surface area (Å²) in [6.07, 6.45) is 1.66. The number of carbonyl (C=O) groups is 1. The number of nitrogens with one attached hydrogen (secondary N) is 1. The van der Waals surface area contributed by atoms with Gasteiger partial charge in [0.1, 0.15) is 13.2 Å². The van der Waals surface area contributed by atoms with Crippen molar-refractivity contribution in [3.8, 4) is 11.5 Å². The Morgan fingerprint density at radius 1 is 1.06 bits per heavy atom. The number of rotatable bonds is 8. The molecule has 6 heteroatoms. The zero-order chi connectivity index (χ0) is 23.4. The number of fused-ring (bicyclic) bond motifs is 1. The minimum Gasteiger partial charge on any atom is -0.486 e. The zero-order valence-corrected chi connectivity index (χ0v) is 19.9. The van der Waals surface area contributed by atoms with Crippen LogP contribution in [-0.2, 0) is 17.8 Å². The minimum atomic E-state index is -0.209. The Bertz CT molecular complexity index is 1110. The molecule has 0 saturated carbocycles. The second-order valence-electron chi connectivity index (χ2n) is 8.87. The van der Waals surface area contributed by atoms with Gasteiger partial charge in [0.25, 0.3) is 0 Å². The average Bonchev–Trinajstić information content (AvgIpc) is 3.08. The highest BCUT2D eigenvalue weighted by atomic mass is 16.6. The van der Waals surface area contributed by atoms with E-state index in [0.29, 0.717) is 19.8 Å². The van der Waals surface area contributed by atoms with Crippen LogP contribution in [0.3, 0.4) is 0 Å². The van der Waals surface area contributed by atoms with Crippen molar-refractivity contribution in [1.29, 1.82) is 0 Å². The minimum absolute atomic E-state index is 0.0214. The summed E-state index contributed by atoms with van der Waals surface area (Å²) in [5.41, 5.74) is 5.58. The second-order valence-corrected chi connectivity index (χ2v) is 8.87. The molecule has 0 spiro atoms. The molecule has 1 aromatic heterocycles. The van der Waals surface area contributed by atoms with Crippen molar-refractivity contribution in [2.75, 3.05) is 13.2 Å². The van der Waals surface area contributed by atoms with Crippen molar-refractivity contribution < 1.29 is 14.3 Å². The summed E-state index contributed by atoms with van der Waals surface area (Å²) in [6, 6.07) is 16.2. The maximum Gasteiger partial charge on any atom is 0.225 e. The molecule has 1 N–H and O–H groups in total. The van der Waals surface area contributed by atoms with Crippen molar-refractivity contribution in [2.24, 2.45) is 5.92 Å². The van der Waals surface area contributed by atoms with E-state index >= 15 is 0 Å². The van der Waals surface area contributed by atoms with Crippen LogP contribution in [0.2, 0.25) is 0 Å². The fourth-order valence-electron chi connectivity index (χ4n) is 4.18. The third kappa shape index (κ3) is 5.38. The van der Waals surface area contributed by atoms with Gasteiger partial charge in [0, 0.05) is 5.69 Å². The molecule has 174 valence electrons. The lowest BCUT2D eigenvalue weighted by Gasteiger charge is -2.24. The van der Waals surface area contributed by atoms with Crippen LogP contribution in [0.25, 0.3) is 0 Å². The quantitative estimate of drug-likeness (QED) is 0.543. The van der Waals surface area contributed by atoms with Gasteiger partial charge >= 0.3 is 0 Å². The first-order chi connectivity index (χ1) is 15.9. The number of amides is 1. The van der Waals surface area contributed by atoms with Gasteiger partial charge in [-0.15, -0.1) is 0 Å². The lowest BCUT2D eigenvalue weighted by Crippen LogP contribution is -2.35. The number of ether oxygens (including phenoxy) is 2. The van der Waals surface area contributed by atoms with E-state index in [4.69, 9.17) is 9.47 Å². The summed E-state index contributed by atoms with van der Waals surface area (Å²) >= 11 is 0. The molecule has 0 fully saturated rings. The Hall–Kier alpha value is -3.28. The maximum absolute atomic E-state index is 13.2. The number of aryl methyl sites for hydroxylation is 2. The van der Waals surface area contributed by atoms with Crippen molar-refractivity contribution in [3.05, 3.63) is 76.6 Å². The van der Waals surface area contributed by atoms with Crippen molar-refractivity contribution in [3.63, 3.8) is 0 Å². The van der Waals surface area contributed by atoms with E-state index < -0.39 is 0 Å². The predicted octanol–water partition coefficient (Wildman–Crippen LogP) is 4.71. The first-order valence-electron chi connectivity index (χ1n) is 11.7. The topological polar surface area (TPSA) is 65.4 Å². The molecule has 2 aromatic carbocycles. The van der Waals surface area contributed by atoms with Gasteiger partial charge in [-0.3, -0.25) is 9.48 Å². The molecule has 6 nitrogen and oxygen atoms in total. The largest absolute Gasteiger partial charge is 0.486 e. The van der Waals surface area contributed by atoms with E-state index in [1.807, 2.05) is 54.9 Å². The van der Waals surface area contributed by atoms with E-state index in [2.05, 4.69) is 36.4 Å². The smallest absolute Gasteiger partial charge is 0.225 e. The Morgan fingerprint density at radius 3 is 2.48 bits per heavy atom. The number of aromatic nitrogens is 2. The van der Waals surface area contributed by atoms with Crippen LogP contribution in [0.15, 0.2) is 48.5 Å². The number of hydrogen-bond acceptors (Lipinski definition) is 4. The van der Waals surface area contributed by atoms with Crippen molar-refractivity contribution in [2.45, 2.75) is 53.1 Å². The van der Waals surface area contributed by atoms with Crippen LogP contribution in [-0.4, -0.2) is 28.9 Å². The Labute approximate surface area is 195 Å². The second kappa shape index (κ2) is 10.1. The maximum atomic E-state index is 13.2. The standard InChI is InChI=1S/C27H33N3O3/c1-18(17-30-21(4)19(2)20(3)29-30)27(31)28-24(12-10-22-8-6-5-7-9-22)23-11-13-25-26(16-23)33-15-14-32-25/h5-9,11,13,16,18,24H,10,12,14-15,17H2,1-4H3,(H,28,31)/t18-,24+/m0/s1. The van der Waals surface area contributed by atoms with E-state index in [1.165, 1.54) is 11.1 Å². The molecule has 4 rings (SSSR count). The molecule has 1 aliphatic rings. The molecule has 0 saturated heterocycles. The van der Waals surface area contributed by atoms with Crippen LogP contribution in [0.4, 0.5) is 0 Å². The SMILES string of the molecule is Cc1nn(C[C@H](C)C(=O)N[C@H](CCc2ccccc2)c2ccc3c(c2)OCCO3)c(C)c1C. The van der Waals surface area contributed by atoms with E-state index in [9.17, 15) is 4.79 Å². The highest BCUT2D eigenvalue weighted by Gasteiger charge is 2.23. The molecular formula is C27H33N3O3. The van der Waals surface area contributed by atoms with Gasteiger partial charge in [-0.05, 0) is 62.4 Å². The summed E-state index contributed by atoms with van der Waals surface area (Å²) in [5.74, 6) is 1.31. The molecular weight excluding hydrogens is 414 g/mol. The monoisotopic (exact) mass is 447 g/mol. The summed E-state index contributed by atoms with van der Waals surface area (Å²) in [4.78, 5) is 13.2. The summed E-state index contributed by atoms with van der Waals surface area (Å²) in [7, 11) is 0. The molecule has 0 aliphatic carbocycles. The van der Waals surface area contributed by atoms with Gasteiger partial charge in [0.2, 0.25) is 5.91 Å². The molecule has 0 radical (unpaired) electrons. The first kappa shape index (κ1) is 22.9. The molecule has 2 atom stereocenters. The molecule has 1 amide bonds. The normalized spacial score (nSPS) is 14.5. The van der Waals surface area contributed by atoms with Crippen LogP contribution in [0.5, 0.6) is 11.5 Å². The predicted molar refractivity (Wildman–Crippen MR) is 129 cm³/mol. The third-order valence-electron chi connectivity index (χ3n) is 6.49. The van der Waals surface area contributed by atoms with Crippen LogP contribution in [0.1, 0.15) is 47.5 Å². The van der Waals surface area contributed by atoms with Gasteiger partial charge in [-0.25, -0.2) is 0 Å². The highest BCUT2D eigenvalue weighted by Crippen LogP contribution is 2.34. The Kier molecular flexibility index (Phi) is 7.02. The summed E-state index contributed by atoms with van der Waals surface area (Å²) in [6.45, 7) is 9.74. The zero-order valence-electron chi connectivity index (χ0n) is 19.9. The van der Waals surface area contributed by atoms with Gasteiger partial charge < -0.3 is 14.8 Å². The number of nitrogens with zero attached hydrogens (tertiary/aromatic N) is 2. The number of benzene rings is 2. The van der Waals surface area contributed by atoms with E-state index in [1.54, 1.807) is 0 Å². The molecule has 2 heterocycles. The van der Waals surface area contributed by atoms with Crippen molar-refractivity contribution >= 4 is 5.91 Å². The lowest BCUT2D eigenvalue weighted by atomic mass is 9.97. The Morgan fingerprint density at radius 2 is 1.79 bits per heavy atom. The number of carbonyl (C=O) groups excluding carboxylic acids is 1. The van der Waals surface area contributed by atoms with E-state index in [0.717, 1.165) is 41.3 Å². The van der Waals surface area contributed by atoms with Crippen LogP contribution < -0.4 is 14.8 Å². The van der Waals surface area contributed by atoms with Crippen LogP contribution >= 0.6 is 0 Å². The Balaban J connectivity index is 1.50. The molecule has 0 bridgehead atoms. The molecule has 33 heavy (non-hydrogen) atoms. The average molecular weight is 448 g/mol. The van der Waals surface area contributed by atoms with Gasteiger partial charge in [0.05, 0.1) is 24.2 Å². The fourth-order valence-corrected chi connectivity index (χ4v) is 4.18. The third-order valence-corrected chi connectivity index (χ3v) is 6.49. The first-order valence-corrected chi connectivity index (χ1v) is 11.7. The summed E-state index contributed by atoms with van der Waals surface area (Å²) in [5, 5.41) is 7.89. The highest BCUT2D eigenvalue weighted by molar-refractivity contribution is 5.78. The van der Waals surface area contributed by atoms with Gasteiger partial charge in [0.15, 0.2) is 11.5 Å². The van der Waals surface area contributed by atoms with Crippen molar-refractivity contribution in [1.82, 2.24) is 15.1 Å². The molecule has 3 aromatic rings. The summed E-state index contributed by atoms with van der Waals surface area (Å²) < 4.78 is 13.4. The number of hydrogen-bond donors (Lipinski definition) is 1. The van der Waals surface area contributed by atoms with E-state index in [-0.39, 0.29) is 17.9 Å². The molecule has 0 unspecified atom stereocenters. The molecule has 1 aliphatic heterocycles. The van der Waals surface area contributed by atoms with Gasteiger partial charge in [-0.1, -0.05) is 43.3 Å². The van der Waals surface area contributed by atoms with Gasteiger partial charge in [-0.2, -0.15) is 5.10 Å². The van der Waals surface area contributed by atoms with Crippen LogP contribution in [0, 0.1) is 26.7 Å².